The molecular weight excluding hydrogens is 398 g/mol. The number of unbranched alkanes of at least 4 members (excludes halogenated alkanes) is 4. The summed E-state index contributed by atoms with van der Waals surface area (Å²) in [5, 5.41) is 10.5. The Morgan fingerprint density at radius 1 is 1.07 bits per heavy atom. The van der Waals surface area contributed by atoms with E-state index in [0.717, 1.165) is 38.4 Å². The van der Waals surface area contributed by atoms with E-state index in [1.807, 2.05) is 24.3 Å². The molecule has 1 amide bonds. The van der Waals surface area contributed by atoms with E-state index in [0.29, 0.717) is 5.56 Å². The molecule has 6 heteroatoms. The van der Waals surface area contributed by atoms with E-state index in [1.165, 1.54) is 63.4 Å². The molecule has 1 aromatic carbocycles. The topological polar surface area (TPSA) is 88.2 Å². The standard InChI is InChI=1S/C24H37N3O2.ClH/c25-23(26)24(15-16-24)27-22(28)21-13-11-19(12-14-21)8-4-2-1-3-7-17-29-18-20-9-5-6-10-20;/h11-14,20H,1-10,15-18H2,(H3,25,26)(H,27,28);1H. The lowest BCUT2D eigenvalue weighted by molar-refractivity contribution is 0.0943. The van der Waals surface area contributed by atoms with Crippen LogP contribution in [0.3, 0.4) is 0 Å². The first kappa shape index (κ1) is 24.7. The third-order valence-corrected chi connectivity index (χ3v) is 6.42. The number of amidine groups is 1. The van der Waals surface area contributed by atoms with Gasteiger partial charge in [-0.15, -0.1) is 12.4 Å². The summed E-state index contributed by atoms with van der Waals surface area (Å²) in [6.07, 6.45) is 14.2. The van der Waals surface area contributed by atoms with Crippen LogP contribution in [0.4, 0.5) is 0 Å². The molecule has 3 rings (SSSR count). The number of nitrogens with two attached hydrogens (primary N) is 1. The fourth-order valence-corrected chi connectivity index (χ4v) is 4.19. The minimum atomic E-state index is -0.586. The minimum Gasteiger partial charge on any atom is -0.386 e. The number of nitrogens with one attached hydrogen (secondary N) is 2. The maximum absolute atomic E-state index is 12.3. The average molecular weight is 436 g/mol. The summed E-state index contributed by atoms with van der Waals surface area (Å²) in [5.74, 6) is 0.749. The molecule has 0 aromatic heterocycles. The summed E-state index contributed by atoms with van der Waals surface area (Å²) in [6, 6.07) is 7.84. The molecule has 2 aliphatic carbocycles. The maximum atomic E-state index is 12.3. The number of benzene rings is 1. The highest BCUT2D eigenvalue weighted by Gasteiger charge is 2.47. The van der Waals surface area contributed by atoms with Crippen LogP contribution < -0.4 is 11.1 Å². The van der Waals surface area contributed by atoms with Crippen LogP contribution in [0.25, 0.3) is 0 Å². The highest BCUT2D eigenvalue weighted by Crippen LogP contribution is 2.35. The Hall–Kier alpha value is -1.59. The van der Waals surface area contributed by atoms with Crippen molar-refractivity contribution in [1.29, 1.82) is 5.41 Å². The van der Waals surface area contributed by atoms with Gasteiger partial charge in [-0.05, 0) is 68.6 Å². The van der Waals surface area contributed by atoms with Crippen LogP contribution in [0.2, 0.25) is 0 Å². The van der Waals surface area contributed by atoms with Crippen molar-refractivity contribution in [2.24, 2.45) is 11.7 Å². The van der Waals surface area contributed by atoms with E-state index in [2.05, 4.69) is 5.32 Å². The van der Waals surface area contributed by atoms with Crippen LogP contribution in [-0.4, -0.2) is 30.5 Å². The first-order chi connectivity index (χ1) is 14.1. The van der Waals surface area contributed by atoms with Crippen molar-refractivity contribution in [3.63, 3.8) is 0 Å². The predicted octanol–water partition coefficient (Wildman–Crippen LogP) is 5.01. The molecule has 0 radical (unpaired) electrons. The van der Waals surface area contributed by atoms with Crippen LogP contribution in [0.15, 0.2) is 24.3 Å². The number of carbonyl (C=O) groups excluding carboxylic acids is 1. The third-order valence-electron chi connectivity index (χ3n) is 6.42. The van der Waals surface area contributed by atoms with Crippen LogP contribution in [-0.2, 0) is 11.2 Å². The van der Waals surface area contributed by atoms with Gasteiger partial charge in [0.15, 0.2) is 0 Å². The number of rotatable bonds is 13. The number of amides is 1. The Morgan fingerprint density at radius 3 is 2.33 bits per heavy atom. The SMILES string of the molecule is Cl.N=C(N)C1(NC(=O)c2ccc(CCCCCCCOCC3CCCC3)cc2)CC1. The zero-order chi connectivity index (χ0) is 20.5. The Kier molecular flexibility index (Phi) is 10.1. The van der Waals surface area contributed by atoms with Gasteiger partial charge in [0.25, 0.3) is 5.91 Å². The molecular formula is C24H38ClN3O2. The van der Waals surface area contributed by atoms with Crippen molar-refractivity contribution in [3.05, 3.63) is 35.4 Å². The monoisotopic (exact) mass is 435 g/mol. The fraction of sp³-hybridized carbons (Fsp3) is 0.667. The van der Waals surface area contributed by atoms with Gasteiger partial charge in [0, 0.05) is 18.8 Å². The van der Waals surface area contributed by atoms with Crippen molar-refractivity contribution >= 4 is 24.1 Å². The van der Waals surface area contributed by atoms with Crippen molar-refractivity contribution in [2.45, 2.75) is 82.6 Å². The van der Waals surface area contributed by atoms with E-state index < -0.39 is 5.54 Å². The van der Waals surface area contributed by atoms with E-state index in [1.54, 1.807) is 0 Å². The summed E-state index contributed by atoms with van der Waals surface area (Å²) in [5.41, 5.74) is 6.91. The number of halogens is 1. The van der Waals surface area contributed by atoms with Gasteiger partial charge in [0.2, 0.25) is 0 Å². The van der Waals surface area contributed by atoms with Crippen LogP contribution >= 0.6 is 12.4 Å². The molecule has 2 saturated carbocycles. The zero-order valence-electron chi connectivity index (χ0n) is 18.1. The Bertz CT molecular complexity index is 668. The molecule has 0 atom stereocenters. The van der Waals surface area contributed by atoms with Gasteiger partial charge >= 0.3 is 0 Å². The van der Waals surface area contributed by atoms with Gasteiger partial charge in [-0.25, -0.2) is 0 Å². The zero-order valence-corrected chi connectivity index (χ0v) is 18.9. The van der Waals surface area contributed by atoms with E-state index in [4.69, 9.17) is 15.9 Å². The molecule has 0 saturated heterocycles. The van der Waals surface area contributed by atoms with Crippen molar-refractivity contribution in [3.8, 4) is 0 Å². The second-order valence-corrected chi connectivity index (χ2v) is 8.89. The molecule has 0 unspecified atom stereocenters. The van der Waals surface area contributed by atoms with Crippen molar-refractivity contribution in [1.82, 2.24) is 5.32 Å². The van der Waals surface area contributed by atoms with E-state index in [9.17, 15) is 4.79 Å². The molecule has 0 bridgehead atoms. The number of ether oxygens (including phenoxy) is 1. The van der Waals surface area contributed by atoms with Gasteiger partial charge < -0.3 is 15.8 Å². The highest BCUT2D eigenvalue weighted by molar-refractivity contribution is 6.01. The predicted molar refractivity (Wildman–Crippen MR) is 125 cm³/mol. The molecule has 0 spiro atoms. The van der Waals surface area contributed by atoms with Gasteiger partial charge in [0.1, 0.15) is 5.84 Å². The molecule has 0 aliphatic heterocycles. The molecule has 0 heterocycles. The smallest absolute Gasteiger partial charge is 0.252 e. The first-order valence-corrected chi connectivity index (χ1v) is 11.4. The second-order valence-electron chi connectivity index (χ2n) is 8.89. The minimum absolute atomic E-state index is 0. The molecule has 168 valence electrons. The van der Waals surface area contributed by atoms with Gasteiger partial charge in [-0.1, -0.05) is 44.2 Å². The molecule has 30 heavy (non-hydrogen) atoms. The number of hydrogen-bond donors (Lipinski definition) is 3. The quantitative estimate of drug-likeness (QED) is 0.231. The fourth-order valence-electron chi connectivity index (χ4n) is 4.19. The number of carbonyl (C=O) groups is 1. The number of aryl methyl sites for hydroxylation is 1. The van der Waals surface area contributed by atoms with Crippen molar-refractivity contribution in [2.75, 3.05) is 13.2 Å². The van der Waals surface area contributed by atoms with Crippen LogP contribution in [0.5, 0.6) is 0 Å². The molecule has 2 fully saturated rings. The molecule has 2 aliphatic rings. The third kappa shape index (κ3) is 7.59. The van der Waals surface area contributed by atoms with Gasteiger partial charge in [-0.3, -0.25) is 10.2 Å². The summed E-state index contributed by atoms with van der Waals surface area (Å²) >= 11 is 0. The molecule has 1 aromatic rings. The Balaban J connectivity index is 0.00000320. The summed E-state index contributed by atoms with van der Waals surface area (Å²) < 4.78 is 5.82. The van der Waals surface area contributed by atoms with Crippen molar-refractivity contribution < 1.29 is 9.53 Å². The Morgan fingerprint density at radius 2 is 1.70 bits per heavy atom. The molecule has 4 N–H and O–H groups in total. The van der Waals surface area contributed by atoms with Gasteiger partial charge in [-0.2, -0.15) is 0 Å². The highest BCUT2D eigenvalue weighted by atomic mass is 35.5. The first-order valence-electron chi connectivity index (χ1n) is 11.4. The lowest BCUT2D eigenvalue weighted by Gasteiger charge is -2.15. The van der Waals surface area contributed by atoms with E-state index in [-0.39, 0.29) is 24.1 Å². The van der Waals surface area contributed by atoms with Crippen LogP contribution in [0.1, 0.15) is 86.6 Å². The van der Waals surface area contributed by atoms with Crippen LogP contribution in [0, 0.1) is 11.3 Å². The lowest BCUT2D eigenvalue weighted by Crippen LogP contribution is -2.46. The normalized spacial score (nSPS) is 17.3. The summed E-state index contributed by atoms with van der Waals surface area (Å²) in [7, 11) is 0. The summed E-state index contributed by atoms with van der Waals surface area (Å²) in [6.45, 7) is 1.90. The van der Waals surface area contributed by atoms with E-state index >= 15 is 0 Å². The maximum Gasteiger partial charge on any atom is 0.252 e. The second kappa shape index (κ2) is 12.3. The number of hydrogen-bond acceptors (Lipinski definition) is 3. The summed E-state index contributed by atoms with van der Waals surface area (Å²) in [4.78, 5) is 12.3. The average Bonchev–Trinajstić information content (AvgIpc) is 3.32. The molecule has 5 nitrogen and oxygen atoms in total. The van der Waals surface area contributed by atoms with Gasteiger partial charge in [0.05, 0.1) is 5.54 Å². The Labute approximate surface area is 187 Å². The lowest BCUT2D eigenvalue weighted by atomic mass is 10.0. The largest absolute Gasteiger partial charge is 0.386 e.